The van der Waals surface area contributed by atoms with Gasteiger partial charge in [-0.05, 0) is 19.5 Å². The highest BCUT2D eigenvalue weighted by Crippen LogP contribution is 2.30. The SMILES string of the molecule is CNC(c1ccccc1)C(C)Sc1nnc(C)n1C. The van der Waals surface area contributed by atoms with E-state index < -0.39 is 0 Å². The molecule has 0 saturated heterocycles. The minimum atomic E-state index is 0.295. The van der Waals surface area contributed by atoms with Crippen molar-refractivity contribution in [1.29, 1.82) is 0 Å². The molecule has 1 N–H and O–H groups in total. The van der Waals surface area contributed by atoms with Crippen LogP contribution in [-0.2, 0) is 7.05 Å². The summed E-state index contributed by atoms with van der Waals surface area (Å²) in [6.45, 7) is 4.18. The second-order valence-electron chi connectivity index (χ2n) is 4.59. The minimum absolute atomic E-state index is 0.295. The molecule has 2 atom stereocenters. The van der Waals surface area contributed by atoms with E-state index in [1.54, 1.807) is 11.8 Å². The third-order valence-corrected chi connectivity index (χ3v) is 4.49. The van der Waals surface area contributed by atoms with Crippen molar-refractivity contribution in [2.45, 2.75) is 30.3 Å². The molecule has 0 radical (unpaired) electrons. The molecule has 0 saturated carbocycles. The van der Waals surface area contributed by atoms with Gasteiger partial charge in [-0.1, -0.05) is 49.0 Å². The number of aryl methyl sites for hydroxylation is 1. The van der Waals surface area contributed by atoms with Crippen LogP contribution >= 0.6 is 11.8 Å². The molecule has 0 aliphatic carbocycles. The Kier molecular flexibility index (Phi) is 4.61. The molecule has 2 aromatic rings. The molecule has 5 heteroatoms. The maximum Gasteiger partial charge on any atom is 0.191 e. The number of benzene rings is 1. The Morgan fingerprint density at radius 1 is 1.21 bits per heavy atom. The fourth-order valence-corrected chi connectivity index (χ4v) is 3.20. The Balaban J connectivity index is 2.14. The fraction of sp³-hybridized carbons (Fsp3) is 0.429. The van der Waals surface area contributed by atoms with Gasteiger partial charge in [0.1, 0.15) is 5.82 Å². The predicted molar refractivity (Wildman–Crippen MR) is 79.3 cm³/mol. The van der Waals surface area contributed by atoms with Crippen molar-refractivity contribution >= 4 is 11.8 Å². The van der Waals surface area contributed by atoms with E-state index in [2.05, 4.69) is 46.7 Å². The van der Waals surface area contributed by atoms with Gasteiger partial charge in [-0.3, -0.25) is 0 Å². The molecule has 1 heterocycles. The largest absolute Gasteiger partial charge is 0.312 e. The Morgan fingerprint density at radius 2 is 1.89 bits per heavy atom. The average molecular weight is 276 g/mol. The minimum Gasteiger partial charge on any atom is -0.312 e. The summed E-state index contributed by atoms with van der Waals surface area (Å²) in [6, 6.07) is 10.8. The van der Waals surface area contributed by atoms with E-state index in [-0.39, 0.29) is 0 Å². The van der Waals surface area contributed by atoms with Crippen molar-refractivity contribution in [3.8, 4) is 0 Å². The molecule has 102 valence electrons. The highest BCUT2D eigenvalue weighted by atomic mass is 32.2. The molecule has 0 amide bonds. The smallest absolute Gasteiger partial charge is 0.191 e. The molecule has 0 aliphatic rings. The molecule has 4 nitrogen and oxygen atoms in total. The van der Waals surface area contributed by atoms with Crippen molar-refractivity contribution in [3.63, 3.8) is 0 Å². The van der Waals surface area contributed by atoms with E-state index in [0.717, 1.165) is 11.0 Å². The first-order valence-corrected chi connectivity index (χ1v) is 7.26. The molecule has 2 unspecified atom stereocenters. The molecule has 1 aromatic carbocycles. The predicted octanol–water partition coefficient (Wildman–Crippen LogP) is 2.56. The summed E-state index contributed by atoms with van der Waals surface area (Å²) in [5.41, 5.74) is 1.30. The number of thioether (sulfide) groups is 1. The van der Waals surface area contributed by atoms with E-state index in [0.29, 0.717) is 11.3 Å². The van der Waals surface area contributed by atoms with Crippen molar-refractivity contribution in [1.82, 2.24) is 20.1 Å². The summed E-state index contributed by atoms with van der Waals surface area (Å²) in [4.78, 5) is 0. The molecule has 0 fully saturated rings. The summed E-state index contributed by atoms with van der Waals surface area (Å²) >= 11 is 1.75. The van der Waals surface area contributed by atoms with E-state index in [4.69, 9.17) is 0 Å². The first-order valence-electron chi connectivity index (χ1n) is 6.38. The third-order valence-electron chi connectivity index (χ3n) is 3.28. The molecule has 1 aromatic heterocycles. The maximum atomic E-state index is 4.21. The lowest BCUT2D eigenvalue weighted by Crippen LogP contribution is -2.25. The molecule has 0 aliphatic heterocycles. The molecular weight excluding hydrogens is 256 g/mol. The van der Waals surface area contributed by atoms with Crippen LogP contribution in [0.15, 0.2) is 35.5 Å². The van der Waals surface area contributed by atoms with Crippen LogP contribution in [0.1, 0.15) is 24.4 Å². The Bertz CT molecular complexity index is 523. The van der Waals surface area contributed by atoms with E-state index >= 15 is 0 Å². The Hall–Kier alpha value is -1.33. The highest BCUT2D eigenvalue weighted by Gasteiger charge is 2.20. The monoisotopic (exact) mass is 276 g/mol. The third kappa shape index (κ3) is 3.16. The Morgan fingerprint density at radius 3 is 2.42 bits per heavy atom. The normalized spacial score (nSPS) is 14.3. The first kappa shape index (κ1) is 14.1. The van der Waals surface area contributed by atoms with Gasteiger partial charge in [-0.15, -0.1) is 10.2 Å². The van der Waals surface area contributed by atoms with Crippen LogP contribution in [0.4, 0.5) is 0 Å². The van der Waals surface area contributed by atoms with Crippen LogP contribution in [0.2, 0.25) is 0 Å². The summed E-state index contributed by atoms with van der Waals surface area (Å²) in [5.74, 6) is 0.940. The van der Waals surface area contributed by atoms with Gasteiger partial charge in [0.25, 0.3) is 0 Å². The quantitative estimate of drug-likeness (QED) is 0.852. The zero-order chi connectivity index (χ0) is 13.8. The van der Waals surface area contributed by atoms with E-state index in [9.17, 15) is 0 Å². The van der Waals surface area contributed by atoms with Crippen LogP contribution in [0.25, 0.3) is 0 Å². The zero-order valence-corrected chi connectivity index (χ0v) is 12.6. The van der Waals surface area contributed by atoms with Gasteiger partial charge < -0.3 is 9.88 Å². The van der Waals surface area contributed by atoms with Crippen molar-refractivity contribution in [2.24, 2.45) is 7.05 Å². The van der Waals surface area contributed by atoms with Gasteiger partial charge in [0.05, 0.1) is 0 Å². The average Bonchev–Trinajstić information content (AvgIpc) is 2.73. The van der Waals surface area contributed by atoms with Crippen molar-refractivity contribution in [2.75, 3.05) is 7.05 Å². The standard InChI is InChI=1S/C14H20N4S/c1-10(19-14-17-16-11(2)18(14)4)13(15-3)12-8-6-5-7-9-12/h5-10,13,15H,1-4H3. The van der Waals surface area contributed by atoms with Gasteiger partial charge in [-0.25, -0.2) is 0 Å². The first-order chi connectivity index (χ1) is 9.13. The second-order valence-corrected chi connectivity index (χ2v) is 5.93. The van der Waals surface area contributed by atoms with Gasteiger partial charge in [0.2, 0.25) is 0 Å². The van der Waals surface area contributed by atoms with Gasteiger partial charge in [0, 0.05) is 18.3 Å². The lowest BCUT2D eigenvalue weighted by molar-refractivity contribution is 0.586. The van der Waals surface area contributed by atoms with Crippen LogP contribution in [-0.4, -0.2) is 27.1 Å². The Labute approximate surface area is 118 Å². The lowest BCUT2D eigenvalue weighted by Gasteiger charge is -2.23. The lowest BCUT2D eigenvalue weighted by atomic mass is 10.0. The fourth-order valence-electron chi connectivity index (χ4n) is 2.06. The number of rotatable bonds is 5. The van der Waals surface area contributed by atoms with E-state index in [1.165, 1.54) is 5.56 Å². The van der Waals surface area contributed by atoms with Gasteiger partial charge >= 0.3 is 0 Å². The molecule has 19 heavy (non-hydrogen) atoms. The van der Waals surface area contributed by atoms with Crippen molar-refractivity contribution < 1.29 is 0 Å². The summed E-state index contributed by atoms with van der Waals surface area (Å²) < 4.78 is 2.03. The molecular formula is C14H20N4S. The van der Waals surface area contributed by atoms with Gasteiger partial charge in [-0.2, -0.15) is 0 Å². The zero-order valence-electron chi connectivity index (χ0n) is 11.8. The number of nitrogens with one attached hydrogen (secondary N) is 1. The number of nitrogens with zero attached hydrogens (tertiary/aromatic N) is 3. The van der Waals surface area contributed by atoms with Crippen molar-refractivity contribution in [3.05, 3.63) is 41.7 Å². The molecule has 2 rings (SSSR count). The maximum absolute atomic E-state index is 4.21. The van der Waals surface area contributed by atoms with E-state index in [1.807, 2.05) is 31.7 Å². The molecule has 0 bridgehead atoms. The summed E-state index contributed by atoms with van der Waals surface area (Å²) in [5, 5.41) is 13.0. The molecule has 0 spiro atoms. The second kappa shape index (κ2) is 6.21. The highest BCUT2D eigenvalue weighted by molar-refractivity contribution is 7.99. The number of hydrogen-bond acceptors (Lipinski definition) is 4. The topological polar surface area (TPSA) is 42.7 Å². The van der Waals surface area contributed by atoms with Crippen LogP contribution in [0.3, 0.4) is 0 Å². The number of hydrogen-bond donors (Lipinski definition) is 1. The van der Waals surface area contributed by atoms with Crippen LogP contribution < -0.4 is 5.32 Å². The summed E-state index contributed by atoms with van der Waals surface area (Å²) in [7, 11) is 4.00. The van der Waals surface area contributed by atoms with Crippen LogP contribution in [0.5, 0.6) is 0 Å². The summed E-state index contributed by atoms with van der Waals surface area (Å²) in [6.07, 6.45) is 0. The van der Waals surface area contributed by atoms with Crippen LogP contribution in [0, 0.1) is 6.92 Å². The van der Waals surface area contributed by atoms with Gasteiger partial charge in [0.15, 0.2) is 5.16 Å². The number of aromatic nitrogens is 3.